The van der Waals surface area contributed by atoms with Crippen LogP contribution in [0.5, 0.6) is 0 Å². The zero-order valence-electron chi connectivity index (χ0n) is 13.0. The Bertz CT molecular complexity index is 713. The summed E-state index contributed by atoms with van der Waals surface area (Å²) in [7, 11) is 1.26. The van der Waals surface area contributed by atoms with Gasteiger partial charge in [0.25, 0.3) is 0 Å². The van der Waals surface area contributed by atoms with Crippen LogP contribution in [-0.4, -0.2) is 48.1 Å². The molecule has 3 atom stereocenters. The highest BCUT2D eigenvalue weighted by atomic mass is 16.7. The number of benzene rings is 1. The summed E-state index contributed by atoms with van der Waals surface area (Å²) in [5.41, 5.74) is 0.601. The van der Waals surface area contributed by atoms with E-state index in [1.54, 1.807) is 0 Å². The first-order chi connectivity index (χ1) is 11.4. The fourth-order valence-electron chi connectivity index (χ4n) is 2.24. The molecule has 1 unspecified atom stereocenters. The van der Waals surface area contributed by atoms with Crippen LogP contribution < -0.4 is 0 Å². The third-order valence-electron chi connectivity index (χ3n) is 3.46. The van der Waals surface area contributed by atoms with Gasteiger partial charge in [0.2, 0.25) is 5.76 Å². The molecule has 2 aliphatic heterocycles. The predicted molar refractivity (Wildman–Crippen MR) is 73.5 cm³/mol. The molecule has 0 radical (unpaired) electrons. The molecule has 8 nitrogen and oxygen atoms in total. The van der Waals surface area contributed by atoms with Crippen LogP contribution in [0.4, 0.5) is 0 Å². The molecule has 8 heteroatoms. The SMILES string of the molecule is [2H]C1(c2ccc(C(=O)OC)cc2)OC[C@@H]([C@H]2OC(=O)C(O)=C2O)O1. The molecule has 2 aliphatic rings. The van der Waals surface area contributed by atoms with Crippen molar-refractivity contribution >= 4 is 11.9 Å². The zero-order chi connectivity index (χ0) is 17.5. The highest BCUT2D eigenvalue weighted by Gasteiger charge is 2.44. The summed E-state index contributed by atoms with van der Waals surface area (Å²) >= 11 is 0. The van der Waals surface area contributed by atoms with Gasteiger partial charge in [-0.05, 0) is 12.1 Å². The summed E-state index contributed by atoms with van der Waals surface area (Å²) in [6.07, 6.45) is -4.10. The molecule has 0 saturated carbocycles. The molecule has 122 valence electrons. The highest BCUT2D eigenvalue weighted by molar-refractivity contribution is 5.89. The average Bonchev–Trinajstić information content (AvgIpc) is 3.11. The number of hydrogen-bond donors (Lipinski definition) is 2. The van der Waals surface area contributed by atoms with Crippen LogP contribution in [0.25, 0.3) is 0 Å². The number of cyclic esters (lactones) is 1. The molecule has 23 heavy (non-hydrogen) atoms. The lowest BCUT2D eigenvalue weighted by Gasteiger charge is -2.16. The van der Waals surface area contributed by atoms with Crippen molar-refractivity contribution in [2.24, 2.45) is 0 Å². The molecule has 3 rings (SSSR count). The minimum absolute atomic E-state index is 0.141. The second-order valence-electron chi connectivity index (χ2n) is 4.88. The summed E-state index contributed by atoms with van der Waals surface area (Å²) in [6, 6.07) is 5.84. The number of carbonyl (C=O) groups is 2. The number of hydrogen-bond acceptors (Lipinski definition) is 8. The fourth-order valence-corrected chi connectivity index (χ4v) is 2.24. The van der Waals surface area contributed by atoms with Crippen molar-refractivity contribution < 1.29 is 40.1 Å². The van der Waals surface area contributed by atoms with Gasteiger partial charge in [0.05, 0.1) is 20.7 Å². The largest absolute Gasteiger partial charge is 0.505 e. The van der Waals surface area contributed by atoms with E-state index in [4.69, 9.17) is 15.6 Å². The fraction of sp³-hybridized carbons (Fsp3) is 0.333. The van der Waals surface area contributed by atoms with Gasteiger partial charge in [0.15, 0.2) is 18.1 Å². The maximum Gasteiger partial charge on any atom is 0.377 e. The Morgan fingerprint density at radius 3 is 2.61 bits per heavy atom. The Morgan fingerprint density at radius 2 is 2.04 bits per heavy atom. The van der Waals surface area contributed by atoms with E-state index < -0.39 is 41.9 Å². The number of ether oxygens (including phenoxy) is 4. The van der Waals surface area contributed by atoms with Crippen LogP contribution in [-0.2, 0) is 23.7 Å². The second-order valence-corrected chi connectivity index (χ2v) is 4.88. The molecule has 2 heterocycles. The van der Waals surface area contributed by atoms with Crippen molar-refractivity contribution in [3.63, 3.8) is 0 Å². The Balaban J connectivity index is 1.76. The monoisotopic (exact) mass is 323 g/mol. The van der Waals surface area contributed by atoms with Gasteiger partial charge in [-0.25, -0.2) is 9.59 Å². The first kappa shape index (κ1) is 14.0. The Kier molecular flexibility index (Phi) is 3.60. The van der Waals surface area contributed by atoms with Crippen molar-refractivity contribution in [3.05, 3.63) is 46.9 Å². The van der Waals surface area contributed by atoms with E-state index in [9.17, 15) is 19.8 Å². The van der Waals surface area contributed by atoms with Crippen LogP contribution in [0.15, 0.2) is 35.8 Å². The van der Waals surface area contributed by atoms with E-state index in [1.807, 2.05) is 0 Å². The number of aliphatic hydroxyl groups is 2. The molecule has 0 amide bonds. The number of rotatable bonds is 3. The van der Waals surface area contributed by atoms with E-state index >= 15 is 0 Å². The molecule has 1 aromatic rings. The summed E-state index contributed by atoms with van der Waals surface area (Å²) in [5.74, 6) is -3.12. The lowest BCUT2D eigenvalue weighted by Crippen LogP contribution is -2.30. The number of methoxy groups -OCH3 is 1. The molecule has 0 spiro atoms. The van der Waals surface area contributed by atoms with E-state index in [0.717, 1.165) is 0 Å². The van der Waals surface area contributed by atoms with Gasteiger partial charge in [-0.2, -0.15) is 0 Å². The van der Waals surface area contributed by atoms with Crippen molar-refractivity contribution in [1.82, 2.24) is 0 Å². The van der Waals surface area contributed by atoms with Crippen LogP contribution in [0, 0.1) is 0 Å². The average molecular weight is 323 g/mol. The third-order valence-corrected chi connectivity index (χ3v) is 3.46. The quantitative estimate of drug-likeness (QED) is 0.797. The molecular formula is C15H14O8. The minimum atomic E-state index is -1.90. The third kappa shape index (κ3) is 2.73. The Hall–Kier alpha value is -2.58. The van der Waals surface area contributed by atoms with Gasteiger partial charge in [0.1, 0.15) is 6.10 Å². The van der Waals surface area contributed by atoms with Gasteiger partial charge in [-0.1, -0.05) is 12.1 Å². The van der Waals surface area contributed by atoms with Crippen molar-refractivity contribution in [2.45, 2.75) is 18.5 Å². The number of aliphatic hydroxyl groups excluding tert-OH is 2. The lowest BCUT2D eigenvalue weighted by atomic mass is 10.1. The van der Waals surface area contributed by atoms with E-state index in [-0.39, 0.29) is 6.61 Å². The van der Waals surface area contributed by atoms with E-state index in [0.29, 0.717) is 11.1 Å². The van der Waals surface area contributed by atoms with Crippen LogP contribution in [0.2, 0.25) is 0 Å². The molecule has 1 aromatic carbocycles. The smallest absolute Gasteiger partial charge is 0.377 e. The molecular weight excluding hydrogens is 308 g/mol. The Morgan fingerprint density at radius 1 is 1.35 bits per heavy atom. The predicted octanol–water partition coefficient (Wildman–Crippen LogP) is 1.14. The standard InChI is InChI=1S/C15H14O8/c1-20-13(18)7-2-4-8(5-3-7)15-21-6-9(22-15)12-10(16)11(17)14(19)23-12/h2-5,9,12,15-17H,6H2,1H3/t9-,12+,15?/m0/s1/i15D. The van der Waals surface area contributed by atoms with Gasteiger partial charge in [-0.15, -0.1) is 0 Å². The zero-order valence-corrected chi connectivity index (χ0v) is 12.0. The summed E-state index contributed by atoms with van der Waals surface area (Å²) in [4.78, 5) is 22.6. The molecule has 0 bridgehead atoms. The van der Waals surface area contributed by atoms with E-state index in [2.05, 4.69) is 4.74 Å². The van der Waals surface area contributed by atoms with Crippen LogP contribution >= 0.6 is 0 Å². The Labute approximate surface area is 132 Å². The first-order valence-corrected chi connectivity index (χ1v) is 6.69. The van der Waals surface area contributed by atoms with Crippen LogP contribution in [0.1, 0.15) is 23.6 Å². The van der Waals surface area contributed by atoms with E-state index in [1.165, 1.54) is 31.4 Å². The molecule has 2 N–H and O–H groups in total. The maximum atomic E-state index is 11.4. The highest BCUT2D eigenvalue weighted by Crippen LogP contribution is 2.33. The summed E-state index contributed by atoms with van der Waals surface area (Å²) < 4.78 is 28.4. The van der Waals surface area contributed by atoms with Gasteiger partial charge < -0.3 is 29.2 Å². The normalized spacial score (nSPS) is 31.0. The van der Waals surface area contributed by atoms with Crippen molar-refractivity contribution in [1.29, 1.82) is 0 Å². The second kappa shape index (κ2) is 5.90. The topological polar surface area (TPSA) is 112 Å². The maximum absolute atomic E-state index is 11.4. The van der Waals surface area contributed by atoms with Crippen LogP contribution in [0.3, 0.4) is 0 Å². The summed E-state index contributed by atoms with van der Waals surface area (Å²) in [6.45, 7) is -0.141. The molecule has 0 aliphatic carbocycles. The number of esters is 2. The molecule has 1 fully saturated rings. The first-order valence-electron chi connectivity index (χ1n) is 7.19. The van der Waals surface area contributed by atoms with Crippen molar-refractivity contribution in [3.8, 4) is 0 Å². The van der Waals surface area contributed by atoms with Gasteiger partial charge >= 0.3 is 11.9 Å². The summed E-state index contributed by atoms with van der Waals surface area (Å²) in [5, 5.41) is 19.0. The molecule has 0 aromatic heterocycles. The molecule has 1 saturated heterocycles. The van der Waals surface area contributed by atoms with Gasteiger partial charge in [-0.3, -0.25) is 0 Å². The van der Waals surface area contributed by atoms with Gasteiger partial charge in [0, 0.05) is 5.56 Å². The van der Waals surface area contributed by atoms with Crippen molar-refractivity contribution in [2.75, 3.05) is 13.7 Å². The lowest BCUT2D eigenvalue weighted by molar-refractivity contribution is -0.149. The minimum Gasteiger partial charge on any atom is -0.505 e. The number of carbonyl (C=O) groups excluding carboxylic acids is 2.